The van der Waals surface area contributed by atoms with Crippen LogP contribution < -0.4 is 0 Å². The Kier molecular flexibility index (Phi) is 3.92. The van der Waals surface area contributed by atoms with Crippen LogP contribution in [-0.2, 0) is 4.74 Å². The maximum absolute atomic E-state index is 11.7. The van der Waals surface area contributed by atoms with Crippen molar-refractivity contribution in [3.8, 4) is 0 Å². The molecule has 1 aromatic rings. The molecule has 15 heavy (non-hydrogen) atoms. The molecule has 2 rings (SSSR count). The zero-order chi connectivity index (χ0) is 10.5. The number of hydrogen-bond donors (Lipinski definition) is 0. The van der Waals surface area contributed by atoms with E-state index in [0.717, 1.165) is 25.0 Å². The summed E-state index contributed by atoms with van der Waals surface area (Å²) in [4.78, 5) is 11.7. The van der Waals surface area contributed by atoms with Crippen molar-refractivity contribution in [3.05, 3.63) is 22.4 Å². The Labute approximate surface area is 94.3 Å². The third kappa shape index (κ3) is 3.14. The minimum Gasteiger partial charge on any atom is -0.378 e. The normalized spacial score (nSPS) is 21.5. The molecular formula is C12H16O2S. The second-order valence-electron chi connectivity index (χ2n) is 3.96. The number of thiophene rings is 1. The van der Waals surface area contributed by atoms with Crippen LogP contribution in [0.25, 0.3) is 0 Å². The molecule has 1 atom stereocenters. The van der Waals surface area contributed by atoms with Crippen LogP contribution in [0.2, 0.25) is 0 Å². The third-order valence-corrected chi connectivity index (χ3v) is 3.49. The predicted molar refractivity (Wildman–Crippen MR) is 61.5 cm³/mol. The Morgan fingerprint density at radius 1 is 1.53 bits per heavy atom. The molecule has 1 aliphatic rings. The van der Waals surface area contributed by atoms with Crippen molar-refractivity contribution in [2.24, 2.45) is 0 Å². The first kappa shape index (κ1) is 10.8. The van der Waals surface area contributed by atoms with Gasteiger partial charge in [-0.25, -0.2) is 0 Å². The quantitative estimate of drug-likeness (QED) is 0.734. The van der Waals surface area contributed by atoms with Gasteiger partial charge in [0.1, 0.15) is 0 Å². The summed E-state index contributed by atoms with van der Waals surface area (Å²) in [5.41, 5.74) is 0.857. The molecule has 0 aromatic carbocycles. The summed E-state index contributed by atoms with van der Waals surface area (Å²) in [5, 5.41) is 3.87. The molecule has 1 unspecified atom stereocenters. The largest absolute Gasteiger partial charge is 0.378 e. The zero-order valence-electron chi connectivity index (χ0n) is 8.78. The lowest BCUT2D eigenvalue weighted by molar-refractivity contribution is 0.0104. The van der Waals surface area contributed by atoms with Gasteiger partial charge in [0.25, 0.3) is 0 Å². The summed E-state index contributed by atoms with van der Waals surface area (Å²) < 4.78 is 5.60. The van der Waals surface area contributed by atoms with Gasteiger partial charge in [0.2, 0.25) is 0 Å². The van der Waals surface area contributed by atoms with Gasteiger partial charge in [-0.2, -0.15) is 11.3 Å². The van der Waals surface area contributed by atoms with Crippen molar-refractivity contribution in [1.29, 1.82) is 0 Å². The molecule has 0 amide bonds. The van der Waals surface area contributed by atoms with Crippen molar-refractivity contribution >= 4 is 17.1 Å². The van der Waals surface area contributed by atoms with E-state index >= 15 is 0 Å². The first-order chi connectivity index (χ1) is 7.36. The van der Waals surface area contributed by atoms with Crippen molar-refractivity contribution < 1.29 is 9.53 Å². The Morgan fingerprint density at radius 2 is 2.47 bits per heavy atom. The molecule has 2 nitrogen and oxygen atoms in total. The van der Waals surface area contributed by atoms with Gasteiger partial charge in [-0.3, -0.25) is 4.79 Å². The Morgan fingerprint density at radius 3 is 3.13 bits per heavy atom. The van der Waals surface area contributed by atoms with Crippen molar-refractivity contribution in [1.82, 2.24) is 0 Å². The fourth-order valence-electron chi connectivity index (χ4n) is 1.89. The number of ketones is 1. The maximum atomic E-state index is 11.7. The topological polar surface area (TPSA) is 26.3 Å². The Bertz CT molecular complexity index is 299. The second kappa shape index (κ2) is 5.42. The van der Waals surface area contributed by atoms with Gasteiger partial charge < -0.3 is 4.74 Å². The smallest absolute Gasteiger partial charge is 0.163 e. The van der Waals surface area contributed by atoms with Gasteiger partial charge in [0, 0.05) is 24.0 Å². The highest BCUT2D eigenvalue weighted by Gasteiger charge is 2.15. The zero-order valence-corrected chi connectivity index (χ0v) is 9.59. The minimum atomic E-state index is 0.255. The molecule has 0 saturated carbocycles. The molecule has 0 radical (unpaired) electrons. The molecule has 0 spiro atoms. The van der Waals surface area contributed by atoms with Crippen LogP contribution in [0.3, 0.4) is 0 Å². The van der Waals surface area contributed by atoms with Crippen molar-refractivity contribution in [2.75, 3.05) is 6.61 Å². The lowest BCUT2D eigenvalue weighted by Crippen LogP contribution is -2.19. The van der Waals surface area contributed by atoms with E-state index < -0.39 is 0 Å². The highest BCUT2D eigenvalue weighted by molar-refractivity contribution is 7.08. The predicted octanol–water partition coefficient (Wildman–Crippen LogP) is 3.28. The van der Waals surface area contributed by atoms with Crippen LogP contribution in [0.1, 0.15) is 42.5 Å². The van der Waals surface area contributed by atoms with Crippen LogP contribution in [0.4, 0.5) is 0 Å². The van der Waals surface area contributed by atoms with Crippen LogP contribution >= 0.6 is 11.3 Å². The Hall–Kier alpha value is -0.670. The van der Waals surface area contributed by atoms with Crippen molar-refractivity contribution in [2.45, 2.75) is 38.2 Å². The van der Waals surface area contributed by atoms with E-state index in [2.05, 4.69) is 0 Å². The Balaban J connectivity index is 1.75. The number of Topliss-reactive ketones (excluding diaryl/α,β-unsaturated/α-hetero) is 1. The van der Waals surface area contributed by atoms with E-state index in [1.165, 1.54) is 12.8 Å². The van der Waals surface area contributed by atoms with Gasteiger partial charge in [0.15, 0.2) is 5.78 Å². The van der Waals surface area contributed by atoms with Crippen LogP contribution in [0, 0.1) is 0 Å². The number of carbonyl (C=O) groups excluding carboxylic acids is 1. The molecule has 0 aliphatic carbocycles. The summed E-state index contributed by atoms with van der Waals surface area (Å²) in [7, 11) is 0. The van der Waals surface area contributed by atoms with E-state index in [1.807, 2.05) is 16.8 Å². The van der Waals surface area contributed by atoms with Crippen LogP contribution in [0.5, 0.6) is 0 Å². The molecule has 1 aliphatic heterocycles. The van der Waals surface area contributed by atoms with Crippen LogP contribution in [-0.4, -0.2) is 18.5 Å². The summed E-state index contributed by atoms with van der Waals surface area (Å²) in [5.74, 6) is 0.255. The van der Waals surface area contributed by atoms with Gasteiger partial charge >= 0.3 is 0 Å². The highest BCUT2D eigenvalue weighted by atomic mass is 32.1. The van der Waals surface area contributed by atoms with E-state index in [9.17, 15) is 4.79 Å². The van der Waals surface area contributed by atoms with Gasteiger partial charge in [0.05, 0.1) is 6.10 Å². The first-order valence-electron chi connectivity index (χ1n) is 5.53. The number of hydrogen-bond acceptors (Lipinski definition) is 3. The van der Waals surface area contributed by atoms with E-state index in [4.69, 9.17) is 4.74 Å². The third-order valence-electron chi connectivity index (χ3n) is 2.81. The standard InChI is InChI=1S/C12H16O2S/c13-12(10-6-8-15-9-10)5-4-11-3-1-2-7-14-11/h6,8-9,11H,1-5,7H2. The fraction of sp³-hybridized carbons (Fsp3) is 0.583. The summed E-state index contributed by atoms with van der Waals surface area (Å²) in [6.45, 7) is 0.872. The van der Waals surface area contributed by atoms with E-state index in [0.29, 0.717) is 12.5 Å². The monoisotopic (exact) mass is 224 g/mol. The number of carbonyl (C=O) groups is 1. The number of rotatable bonds is 4. The highest BCUT2D eigenvalue weighted by Crippen LogP contribution is 2.18. The van der Waals surface area contributed by atoms with Gasteiger partial charge in [-0.05, 0) is 37.1 Å². The molecule has 3 heteroatoms. The molecule has 0 N–H and O–H groups in total. The molecule has 0 bridgehead atoms. The van der Waals surface area contributed by atoms with E-state index in [-0.39, 0.29) is 5.78 Å². The maximum Gasteiger partial charge on any atom is 0.163 e. The first-order valence-corrected chi connectivity index (χ1v) is 6.47. The lowest BCUT2D eigenvalue weighted by Gasteiger charge is -2.21. The fourth-order valence-corrected chi connectivity index (χ4v) is 2.55. The SMILES string of the molecule is O=C(CCC1CCCCO1)c1ccsc1. The minimum absolute atomic E-state index is 0.255. The second-order valence-corrected chi connectivity index (χ2v) is 4.74. The lowest BCUT2D eigenvalue weighted by atomic mass is 10.0. The summed E-state index contributed by atoms with van der Waals surface area (Å²) in [6, 6.07) is 1.90. The van der Waals surface area contributed by atoms with Gasteiger partial charge in [-0.15, -0.1) is 0 Å². The number of ether oxygens (including phenoxy) is 1. The summed E-state index contributed by atoms with van der Waals surface area (Å²) >= 11 is 1.58. The van der Waals surface area contributed by atoms with Gasteiger partial charge in [-0.1, -0.05) is 0 Å². The molecule has 1 fully saturated rings. The van der Waals surface area contributed by atoms with Crippen LogP contribution in [0.15, 0.2) is 16.8 Å². The summed E-state index contributed by atoms with van der Waals surface area (Å²) in [6.07, 6.45) is 5.38. The van der Waals surface area contributed by atoms with E-state index in [1.54, 1.807) is 11.3 Å². The molecular weight excluding hydrogens is 208 g/mol. The van der Waals surface area contributed by atoms with Crippen molar-refractivity contribution in [3.63, 3.8) is 0 Å². The molecule has 82 valence electrons. The average molecular weight is 224 g/mol. The molecule has 1 aromatic heterocycles. The average Bonchev–Trinajstić information content (AvgIpc) is 2.81. The molecule has 2 heterocycles. The molecule has 1 saturated heterocycles.